The van der Waals surface area contributed by atoms with Crippen LogP contribution in [-0.2, 0) is 6.42 Å². The summed E-state index contributed by atoms with van der Waals surface area (Å²) in [6.07, 6.45) is 4.60. The predicted octanol–water partition coefficient (Wildman–Crippen LogP) is 0.995. The molecule has 0 aliphatic rings. The molecule has 4 heteroatoms. The van der Waals surface area contributed by atoms with Crippen molar-refractivity contribution in [3.63, 3.8) is 0 Å². The Kier molecular flexibility index (Phi) is 1.53. The minimum atomic E-state index is 0.840. The van der Waals surface area contributed by atoms with Crippen molar-refractivity contribution in [1.29, 1.82) is 0 Å². The molecule has 2 heterocycles. The van der Waals surface area contributed by atoms with Crippen LogP contribution in [0, 0.1) is 6.92 Å². The van der Waals surface area contributed by atoms with Gasteiger partial charge in [-0.1, -0.05) is 6.92 Å². The first-order valence-electron chi connectivity index (χ1n) is 3.97. The molecule has 0 saturated carbocycles. The van der Waals surface area contributed by atoms with Gasteiger partial charge in [-0.25, -0.2) is 0 Å². The van der Waals surface area contributed by atoms with Crippen molar-refractivity contribution in [3.05, 3.63) is 23.9 Å². The monoisotopic (exact) mass is 162 g/mol. The van der Waals surface area contributed by atoms with Gasteiger partial charge in [0.15, 0.2) is 5.65 Å². The van der Waals surface area contributed by atoms with Crippen molar-refractivity contribution >= 4 is 5.65 Å². The van der Waals surface area contributed by atoms with E-state index in [0.717, 1.165) is 23.5 Å². The van der Waals surface area contributed by atoms with Crippen molar-refractivity contribution in [2.24, 2.45) is 0 Å². The summed E-state index contributed by atoms with van der Waals surface area (Å²) in [5.41, 5.74) is 2.85. The molecular weight excluding hydrogens is 152 g/mol. The number of nitrogens with zero attached hydrogens (tertiary/aromatic N) is 4. The van der Waals surface area contributed by atoms with Crippen molar-refractivity contribution in [2.45, 2.75) is 20.3 Å². The lowest BCUT2D eigenvalue weighted by Gasteiger charge is -1.99. The number of aromatic nitrogens is 4. The van der Waals surface area contributed by atoms with E-state index in [1.807, 2.05) is 17.5 Å². The molecular formula is C8H10N4. The van der Waals surface area contributed by atoms with E-state index in [1.165, 1.54) is 0 Å². The van der Waals surface area contributed by atoms with Crippen LogP contribution >= 0.6 is 0 Å². The molecule has 2 rings (SSSR count). The van der Waals surface area contributed by atoms with E-state index in [2.05, 4.69) is 22.1 Å². The maximum absolute atomic E-state index is 4.37. The Labute approximate surface area is 70.3 Å². The Morgan fingerprint density at radius 3 is 3.08 bits per heavy atom. The Morgan fingerprint density at radius 2 is 2.33 bits per heavy atom. The number of hydrogen-bond donors (Lipinski definition) is 0. The lowest BCUT2D eigenvalue weighted by Crippen LogP contribution is -1.96. The van der Waals surface area contributed by atoms with E-state index in [0.29, 0.717) is 0 Å². The highest BCUT2D eigenvalue weighted by Crippen LogP contribution is 2.05. The third kappa shape index (κ3) is 0.958. The largest absolute Gasteiger partial charge is 0.286 e. The third-order valence-corrected chi connectivity index (χ3v) is 1.86. The van der Waals surface area contributed by atoms with Crippen LogP contribution in [0.3, 0.4) is 0 Å². The first kappa shape index (κ1) is 7.21. The van der Waals surface area contributed by atoms with Gasteiger partial charge in [0.2, 0.25) is 0 Å². The van der Waals surface area contributed by atoms with Gasteiger partial charge in [0.25, 0.3) is 0 Å². The van der Waals surface area contributed by atoms with Crippen LogP contribution in [-0.4, -0.2) is 19.6 Å². The summed E-state index contributed by atoms with van der Waals surface area (Å²) in [5.74, 6) is 0. The van der Waals surface area contributed by atoms with Crippen LogP contribution in [0.15, 0.2) is 12.5 Å². The molecule has 0 unspecified atom stereocenters. The molecule has 0 bridgehead atoms. The molecule has 0 atom stereocenters. The van der Waals surface area contributed by atoms with E-state index in [1.54, 1.807) is 6.33 Å². The Hall–Kier alpha value is -1.45. The average Bonchev–Trinajstić information content (AvgIpc) is 2.52. The van der Waals surface area contributed by atoms with Crippen LogP contribution in [0.4, 0.5) is 0 Å². The lowest BCUT2D eigenvalue weighted by atomic mass is 10.3. The number of aryl methyl sites for hydroxylation is 2. The summed E-state index contributed by atoms with van der Waals surface area (Å²) in [6.45, 7) is 4.03. The minimum Gasteiger partial charge on any atom is -0.286 e. The van der Waals surface area contributed by atoms with E-state index in [4.69, 9.17) is 0 Å². The number of rotatable bonds is 1. The second-order valence-corrected chi connectivity index (χ2v) is 2.73. The normalized spacial score (nSPS) is 10.8. The van der Waals surface area contributed by atoms with Crippen molar-refractivity contribution in [2.75, 3.05) is 0 Å². The van der Waals surface area contributed by atoms with Crippen LogP contribution in [0.25, 0.3) is 5.65 Å². The molecule has 2 aromatic rings. The maximum Gasteiger partial charge on any atom is 0.182 e. The van der Waals surface area contributed by atoms with E-state index < -0.39 is 0 Å². The highest BCUT2D eigenvalue weighted by Gasteiger charge is 2.01. The van der Waals surface area contributed by atoms with Gasteiger partial charge in [-0.2, -0.15) is 0 Å². The van der Waals surface area contributed by atoms with E-state index in [-0.39, 0.29) is 0 Å². The molecule has 2 aromatic heterocycles. The van der Waals surface area contributed by atoms with Crippen molar-refractivity contribution in [3.8, 4) is 0 Å². The minimum absolute atomic E-state index is 0.840. The van der Waals surface area contributed by atoms with Crippen LogP contribution in [0.2, 0.25) is 0 Å². The number of hydrogen-bond acceptors (Lipinski definition) is 3. The molecule has 4 nitrogen and oxygen atoms in total. The topological polar surface area (TPSA) is 43.1 Å². The third-order valence-electron chi connectivity index (χ3n) is 1.86. The summed E-state index contributed by atoms with van der Waals surface area (Å²) in [7, 11) is 0. The summed E-state index contributed by atoms with van der Waals surface area (Å²) >= 11 is 0. The quantitative estimate of drug-likeness (QED) is 0.628. The molecule has 0 saturated heterocycles. The molecule has 0 radical (unpaired) electrons. The Morgan fingerprint density at radius 1 is 1.50 bits per heavy atom. The summed E-state index contributed by atoms with van der Waals surface area (Å²) in [6, 6.07) is 0. The maximum atomic E-state index is 4.37. The zero-order valence-corrected chi connectivity index (χ0v) is 7.15. The average molecular weight is 162 g/mol. The van der Waals surface area contributed by atoms with Gasteiger partial charge in [-0.3, -0.25) is 9.38 Å². The molecule has 0 fully saturated rings. The van der Waals surface area contributed by atoms with E-state index >= 15 is 0 Å². The highest BCUT2D eigenvalue weighted by atomic mass is 15.2. The van der Waals surface area contributed by atoms with Crippen LogP contribution < -0.4 is 0 Å². The fourth-order valence-corrected chi connectivity index (χ4v) is 1.22. The van der Waals surface area contributed by atoms with Gasteiger partial charge in [0.1, 0.15) is 6.33 Å². The van der Waals surface area contributed by atoms with Crippen LogP contribution in [0.1, 0.15) is 18.3 Å². The van der Waals surface area contributed by atoms with Gasteiger partial charge in [0, 0.05) is 6.20 Å². The van der Waals surface area contributed by atoms with E-state index in [9.17, 15) is 0 Å². The zero-order chi connectivity index (χ0) is 8.55. The second-order valence-electron chi connectivity index (χ2n) is 2.73. The summed E-state index contributed by atoms with van der Waals surface area (Å²) in [4.78, 5) is 4.37. The first-order chi connectivity index (χ1) is 5.81. The lowest BCUT2D eigenvalue weighted by molar-refractivity contribution is 0.954. The molecule has 0 aliphatic heterocycles. The second kappa shape index (κ2) is 2.55. The molecule has 62 valence electrons. The summed E-state index contributed by atoms with van der Waals surface area (Å²) < 4.78 is 1.90. The zero-order valence-electron chi connectivity index (χ0n) is 7.15. The SMILES string of the molecule is CCc1cn2cnnc2c(C)n1. The molecule has 0 N–H and O–H groups in total. The molecule has 0 aromatic carbocycles. The van der Waals surface area contributed by atoms with Gasteiger partial charge >= 0.3 is 0 Å². The molecule has 0 spiro atoms. The van der Waals surface area contributed by atoms with Gasteiger partial charge in [-0.15, -0.1) is 10.2 Å². The van der Waals surface area contributed by atoms with Crippen molar-refractivity contribution in [1.82, 2.24) is 19.6 Å². The highest BCUT2D eigenvalue weighted by molar-refractivity contribution is 5.41. The Balaban J connectivity index is 2.75. The summed E-state index contributed by atoms with van der Waals surface area (Å²) in [5, 5.41) is 7.75. The smallest absolute Gasteiger partial charge is 0.182 e. The van der Waals surface area contributed by atoms with Crippen molar-refractivity contribution < 1.29 is 0 Å². The fourth-order valence-electron chi connectivity index (χ4n) is 1.22. The van der Waals surface area contributed by atoms with Gasteiger partial charge in [0.05, 0.1) is 11.4 Å². The molecule has 0 amide bonds. The van der Waals surface area contributed by atoms with Gasteiger partial charge in [-0.05, 0) is 13.3 Å². The Bertz CT molecular complexity index is 404. The molecule has 12 heavy (non-hydrogen) atoms. The molecule has 0 aliphatic carbocycles. The fraction of sp³-hybridized carbons (Fsp3) is 0.375. The van der Waals surface area contributed by atoms with Crippen LogP contribution in [0.5, 0.6) is 0 Å². The first-order valence-corrected chi connectivity index (χ1v) is 3.97. The standard InChI is InChI=1S/C8H10N4/c1-3-7-4-12-5-9-11-8(12)6(2)10-7/h4-5H,3H2,1-2H3. The van der Waals surface area contributed by atoms with Gasteiger partial charge < -0.3 is 0 Å². The number of fused-ring (bicyclic) bond motifs is 1. The predicted molar refractivity (Wildman–Crippen MR) is 44.9 cm³/mol.